The van der Waals surface area contributed by atoms with Crippen molar-refractivity contribution in [1.29, 1.82) is 0 Å². The van der Waals surface area contributed by atoms with Crippen LogP contribution in [-0.2, 0) is 0 Å². The van der Waals surface area contributed by atoms with Crippen LogP contribution in [-0.4, -0.2) is 16.9 Å². The number of thiophene rings is 1. The predicted molar refractivity (Wildman–Crippen MR) is 84.8 cm³/mol. The van der Waals surface area contributed by atoms with E-state index in [-0.39, 0.29) is 11.9 Å². The van der Waals surface area contributed by atoms with Crippen LogP contribution in [0.15, 0.2) is 29.6 Å². The Balaban J connectivity index is 2.22. The van der Waals surface area contributed by atoms with Crippen LogP contribution in [0, 0.1) is 0 Å². The highest BCUT2D eigenvalue weighted by molar-refractivity contribution is 7.80. The minimum Gasteiger partial charge on any atom is -0.392 e. The predicted octanol–water partition coefficient (Wildman–Crippen LogP) is 3.09. The summed E-state index contributed by atoms with van der Waals surface area (Å²) < 4.78 is 1.11. The third-order valence-corrected chi connectivity index (χ3v) is 4.20. The third-order valence-electron chi connectivity index (χ3n) is 2.95. The van der Waals surface area contributed by atoms with Crippen molar-refractivity contribution < 1.29 is 4.79 Å². The molecule has 1 unspecified atom stereocenters. The molecule has 5 heteroatoms. The summed E-state index contributed by atoms with van der Waals surface area (Å²) in [6.45, 7) is 2.04. The Labute approximate surface area is 121 Å². The lowest BCUT2D eigenvalue weighted by Gasteiger charge is -2.16. The molecule has 2 aromatic rings. The Morgan fingerprint density at radius 2 is 2.21 bits per heavy atom. The maximum Gasteiger partial charge on any atom is 0.253 e. The molecule has 0 aliphatic carbocycles. The number of thiocarbonyl (C=S) groups is 1. The molecule has 19 heavy (non-hydrogen) atoms. The van der Waals surface area contributed by atoms with Crippen LogP contribution in [0.2, 0.25) is 0 Å². The largest absolute Gasteiger partial charge is 0.392 e. The molecule has 1 amide bonds. The van der Waals surface area contributed by atoms with Crippen LogP contribution in [0.25, 0.3) is 10.1 Å². The molecule has 0 aliphatic rings. The van der Waals surface area contributed by atoms with Crippen LogP contribution in [0.4, 0.5) is 0 Å². The smallest absolute Gasteiger partial charge is 0.253 e. The van der Waals surface area contributed by atoms with Crippen LogP contribution in [0.5, 0.6) is 0 Å². The van der Waals surface area contributed by atoms with Gasteiger partial charge >= 0.3 is 0 Å². The van der Waals surface area contributed by atoms with E-state index in [1.54, 1.807) is 11.3 Å². The van der Waals surface area contributed by atoms with E-state index < -0.39 is 0 Å². The maximum atomic E-state index is 12.3. The number of nitrogens with one attached hydrogen (secondary N) is 1. The molecule has 3 N–H and O–H groups in total. The first-order valence-corrected chi connectivity index (χ1v) is 7.48. The zero-order chi connectivity index (χ0) is 13.8. The van der Waals surface area contributed by atoms with E-state index in [1.807, 2.05) is 36.6 Å². The molecular formula is C14H16N2OS2. The number of carbonyl (C=O) groups excluding carboxylic acids is 1. The minimum absolute atomic E-state index is 0.108. The van der Waals surface area contributed by atoms with Crippen molar-refractivity contribution in [1.82, 2.24) is 5.32 Å². The summed E-state index contributed by atoms with van der Waals surface area (Å²) in [5.41, 5.74) is 6.35. The second kappa shape index (κ2) is 6.12. The van der Waals surface area contributed by atoms with Gasteiger partial charge in [-0.1, -0.05) is 43.8 Å². The van der Waals surface area contributed by atoms with Gasteiger partial charge in [0.05, 0.1) is 16.6 Å². The Morgan fingerprint density at radius 1 is 1.47 bits per heavy atom. The molecule has 2 rings (SSSR count). The fraction of sp³-hybridized carbons (Fsp3) is 0.286. The van der Waals surface area contributed by atoms with E-state index in [0.29, 0.717) is 10.6 Å². The quantitative estimate of drug-likeness (QED) is 0.833. The normalized spacial score (nSPS) is 12.3. The molecular weight excluding hydrogens is 276 g/mol. The topological polar surface area (TPSA) is 55.1 Å². The fourth-order valence-electron chi connectivity index (χ4n) is 1.96. The van der Waals surface area contributed by atoms with E-state index in [2.05, 4.69) is 5.32 Å². The number of fused-ring (bicyclic) bond motifs is 1. The first-order chi connectivity index (χ1) is 9.13. The molecule has 0 aliphatic heterocycles. The van der Waals surface area contributed by atoms with Crippen molar-refractivity contribution in [3.63, 3.8) is 0 Å². The number of amides is 1. The molecule has 100 valence electrons. The molecule has 3 nitrogen and oxygen atoms in total. The van der Waals surface area contributed by atoms with E-state index in [9.17, 15) is 4.79 Å². The van der Waals surface area contributed by atoms with Gasteiger partial charge in [-0.3, -0.25) is 4.79 Å². The molecule has 0 spiro atoms. The number of hydrogen-bond donors (Lipinski definition) is 2. The Bertz CT molecular complexity index is 606. The average Bonchev–Trinajstić information content (AvgIpc) is 2.81. The molecule has 1 aromatic heterocycles. The lowest BCUT2D eigenvalue weighted by Crippen LogP contribution is -2.43. The monoisotopic (exact) mass is 292 g/mol. The maximum absolute atomic E-state index is 12.3. The van der Waals surface area contributed by atoms with Gasteiger partial charge in [0.15, 0.2) is 0 Å². The highest BCUT2D eigenvalue weighted by atomic mass is 32.1. The van der Waals surface area contributed by atoms with Gasteiger partial charge in [0.25, 0.3) is 5.91 Å². The van der Waals surface area contributed by atoms with E-state index in [0.717, 1.165) is 22.9 Å². The Kier molecular flexibility index (Phi) is 4.50. The third kappa shape index (κ3) is 3.11. The standard InChI is InChI=1S/C14H16N2OS2/c1-2-5-11(13(15)18)16-14(17)10-8-19-12-7-4-3-6-9(10)12/h3-4,6-8,11H,2,5H2,1H3,(H2,15,18)(H,16,17). The SMILES string of the molecule is CCCC(NC(=O)c1csc2ccccc12)C(N)=S. The van der Waals surface area contributed by atoms with Crippen molar-refractivity contribution in [3.05, 3.63) is 35.2 Å². The Hall–Kier alpha value is -1.46. The fourth-order valence-corrected chi connectivity index (χ4v) is 3.08. The zero-order valence-electron chi connectivity index (χ0n) is 10.7. The van der Waals surface area contributed by atoms with Crippen molar-refractivity contribution in [2.24, 2.45) is 5.73 Å². The lowest BCUT2D eigenvalue weighted by atomic mass is 10.1. The minimum atomic E-state index is -0.230. The summed E-state index contributed by atoms with van der Waals surface area (Å²) >= 11 is 6.56. The second-order valence-corrected chi connectivity index (χ2v) is 5.75. The summed E-state index contributed by atoms with van der Waals surface area (Å²) in [5.74, 6) is -0.108. The molecule has 0 bridgehead atoms. The van der Waals surface area contributed by atoms with Crippen molar-refractivity contribution >= 4 is 44.5 Å². The number of benzene rings is 1. The van der Waals surface area contributed by atoms with Gasteiger partial charge < -0.3 is 11.1 Å². The van der Waals surface area contributed by atoms with Crippen LogP contribution >= 0.6 is 23.6 Å². The first kappa shape index (κ1) is 14.0. The highest BCUT2D eigenvalue weighted by Gasteiger charge is 2.17. The summed E-state index contributed by atoms with van der Waals surface area (Å²) in [6.07, 6.45) is 1.69. The number of rotatable bonds is 5. The van der Waals surface area contributed by atoms with Gasteiger partial charge in [-0.05, 0) is 12.5 Å². The molecule has 0 fully saturated rings. The number of hydrogen-bond acceptors (Lipinski definition) is 3. The summed E-state index contributed by atoms with van der Waals surface area (Å²) in [7, 11) is 0. The highest BCUT2D eigenvalue weighted by Crippen LogP contribution is 2.25. The molecule has 0 saturated carbocycles. The summed E-state index contributed by atoms with van der Waals surface area (Å²) in [5, 5.41) is 5.77. The average molecular weight is 292 g/mol. The van der Waals surface area contributed by atoms with Gasteiger partial charge in [0.2, 0.25) is 0 Å². The van der Waals surface area contributed by atoms with Crippen molar-refractivity contribution in [2.75, 3.05) is 0 Å². The summed E-state index contributed by atoms with van der Waals surface area (Å²) in [4.78, 5) is 12.6. The molecule has 0 radical (unpaired) electrons. The van der Waals surface area contributed by atoms with E-state index in [4.69, 9.17) is 18.0 Å². The van der Waals surface area contributed by atoms with Gasteiger partial charge in [0.1, 0.15) is 0 Å². The van der Waals surface area contributed by atoms with Crippen LogP contribution in [0.3, 0.4) is 0 Å². The number of carbonyl (C=O) groups is 1. The van der Waals surface area contributed by atoms with Gasteiger partial charge in [-0.2, -0.15) is 0 Å². The van der Waals surface area contributed by atoms with Crippen molar-refractivity contribution in [3.8, 4) is 0 Å². The van der Waals surface area contributed by atoms with Crippen molar-refractivity contribution in [2.45, 2.75) is 25.8 Å². The van der Waals surface area contributed by atoms with Crippen LogP contribution < -0.4 is 11.1 Å². The molecule has 1 atom stereocenters. The number of nitrogens with two attached hydrogens (primary N) is 1. The molecule has 1 aromatic carbocycles. The summed E-state index contributed by atoms with van der Waals surface area (Å²) in [6, 6.07) is 7.63. The van der Waals surface area contributed by atoms with Crippen LogP contribution in [0.1, 0.15) is 30.1 Å². The van der Waals surface area contributed by atoms with Gasteiger partial charge in [-0.15, -0.1) is 11.3 Å². The lowest BCUT2D eigenvalue weighted by molar-refractivity contribution is 0.0947. The van der Waals surface area contributed by atoms with Gasteiger partial charge in [-0.25, -0.2) is 0 Å². The van der Waals surface area contributed by atoms with Gasteiger partial charge in [0, 0.05) is 15.5 Å². The Morgan fingerprint density at radius 3 is 2.89 bits per heavy atom. The zero-order valence-corrected chi connectivity index (χ0v) is 12.3. The molecule has 0 saturated heterocycles. The second-order valence-electron chi connectivity index (χ2n) is 4.36. The molecule has 1 heterocycles. The van der Waals surface area contributed by atoms with E-state index in [1.165, 1.54) is 0 Å². The van der Waals surface area contributed by atoms with E-state index >= 15 is 0 Å². The first-order valence-electron chi connectivity index (χ1n) is 6.20.